The van der Waals surface area contributed by atoms with E-state index in [9.17, 15) is 13.2 Å². The highest BCUT2D eigenvalue weighted by atomic mass is 32.2. The Kier molecular flexibility index (Phi) is 4.26. The second-order valence-electron chi connectivity index (χ2n) is 3.66. The van der Waals surface area contributed by atoms with Crippen LogP contribution in [-0.4, -0.2) is 44.6 Å². The molecular formula is C9H14N2O4S. The van der Waals surface area contributed by atoms with Gasteiger partial charge in [-0.15, -0.1) is 0 Å². The standard InChI is InChI=1S/C9H14N2O4S/c1-15-9(12)7-16(13,14)11-4-2-3-8(5-10)6-11/h8H,2-4,6-7H2,1H3. The number of hydrogen-bond donors (Lipinski definition) is 0. The summed E-state index contributed by atoms with van der Waals surface area (Å²) in [5.41, 5.74) is 0. The number of hydrogen-bond acceptors (Lipinski definition) is 5. The van der Waals surface area contributed by atoms with Gasteiger partial charge in [0.15, 0.2) is 5.75 Å². The minimum atomic E-state index is -3.63. The molecule has 90 valence electrons. The maximum Gasteiger partial charge on any atom is 0.322 e. The van der Waals surface area contributed by atoms with Crippen LogP contribution in [0.4, 0.5) is 0 Å². The summed E-state index contributed by atoms with van der Waals surface area (Å²) < 4.78 is 29.0. The van der Waals surface area contributed by atoms with E-state index in [1.54, 1.807) is 0 Å². The molecular weight excluding hydrogens is 232 g/mol. The average Bonchev–Trinajstić information content (AvgIpc) is 2.28. The molecule has 0 bridgehead atoms. The number of nitriles is 1. The van der Waals surface area contributed by atoms with E-state index in [0.29, 0.717) is 19.4 Å². The molecule has 1 saturated heterocycles. The van der Waals surface area contributed by atoms with Crippen molar-refractivity contribution in [2.24, 2.45) is 5.92 Å². The molecule has 0 amide bonds. The highest BCUT2D eigenvalue weighted by Gasteiger charge is 2.30. The Bertz CT molecular complexity index is 398. The lowest BCUT2D eigenvalue weighted by atomic mass is 10.0. The normalized spacial score (nSPS) is 22.4. The monoisotopic (exact) mass is 246 g/mol. The molecule has 1 atom stereocenters. The van der Waals surface area contributed by atoms with Gasteiger partial charge >= 0.3 is 5.97 Å². The fourth-order valence-electron chi connectivity index (χ4n) is 1.60. The van der Waals surface area contributed by atoms with Gasteiger partial charge in [0.05, 0.1) is 19.1 Å². The Morgan fingerprint density at radius 2 is 2.31 bits per heavy atom. The van der Waals surface area contributed by atoms with Gasteiger partial charge in [-0.2, -0.15) is 5.26 Å². The Morgan fingerprint density at radius 3 is 2.88 bits per heavy atom. The summed E-state index contributed by atoms with van der Waals surface area (Å²) in [6.45, 7) is 0.549. The summed E-state index contributed by atoms with van der Waals surface area (Å²) >= 11 is 0. The van der Waals surface area contributed by atoms with Crippen molar-refractivity contribution in [3.05, 3.63) is 0 Å². The number of nitrogens with zero attached hydrogens (tertiary/aromatic N) is 2. The predicted molar refractivity (Wildman–Crippen MR) is 55.7 cm³/mol. The van der Waals surface area contributed by atoms with Gasteiger partial charge in [-0.05, 0) is 12.8 Å². The molecule has 16 heavy (non-hydrogen) atoms. The lowest BCUT2D eigenvalue weighted by molar-refractivity contribution is -0.137. The fourth-order valence-corrected chi connectivity index (χ4v) is 3.01. The third kappa shape index (κ3) is 3.18. The van der Waals surface area contributed by atoms with E-state index < -0.39 is 21.7 Å². The molecule has 0 aromatic rings. The number of carbonyl (C=O) groups is 1. The van der Waals surface area contributed by atoms with Crippen LogP contribution in [0, 0.1) is 17.2 Å². The number of esters is 1. The maximum absolute atomic E-state index is 11.7. The lowest BCUT2D eigenvalue weighted by Gasteiger charge is -2.28. The molecule has 1 aliphatic rings. The first-order valence-electron chi connectivity index (χ1n) is 4.94. The highest BCUT2D eigenvalue weighted by molar-refractivity contribution is 7.89. The Balaban J connectivity index is 2.69. The summed E-state index contributed by atoms with van der Waals surface area (Å²) in [7, 11) is -2.49. The zero-order chi connectivity index (χ0) is 12.2. The van der Waals surface area contributed by atoms with Crippen LogP contribution < -0.4 is 0 Å². The van der Waals surface area contributed by atoms with Crippen LogP contribution in [0.3, 0.4) is 0 Å². The van der Waals surface area contributed by atoms with Gasteiger partial charge in [0.25, 0.3) is 0 Å². The zero-order valence-electron chi connectivity index (χ0n) is 9.05. The van der Waals surface area contributed by atoms with E-state index >= 15 is 0 Å². The molecule has 0 radical (unpaired) electrons. The van der Waals surface area contributed by atoms with Gasteiger partial charge in [-0.3, -0.25) is 4.79 Å². The van der Waals surface area contributed by atoms with Gasteiger partial charge < -0.3 is 4.74 Å². The summed E-state index contributed by atoms with van der Waals surface area (Å²) in [6, 6.07) is 2.05. The minimum Gasteiger partial charge on any atom is -0.468 e. The SMILES string of the molecule is COC(=O)CS(=O)(=O)N1CCCC(C#N)C1. The van der Waals surface area contributed by atoms with Crippen molar-refractivity contribution in [1.29, 1.82) is 5.26 Å². The molecule has 7 heteroatoms. The molecule has 0 N–H and O–H groups in total. The van der Waals surface area contributed by atoms with Crippen molar-refractivity contribution in [3.8, 4) is 6.07 Å². The van der Waals surface area contributed by atoms with Crippen molar-refractivity contribution in [1.82, 2.24) is 4.31 Å². The molecule has 6 nitrogen and oxygen atoms in total. The second kappa shape index (κ2) is 5.27. The molecule has 0 spiro atoms. The number of ether oxygens (including phenoxy) is 1. The summed E-state index contributed by atoms with van der Waals surface area (Å²) in [4.78, 5) is 10.9. The first-order chi connectivity index (χ1) is 7.49. The van der Waals surface area contributed by atoms with E-state index in [4.69, 9.17) is 5.26 Å². The highest BCUT2D eigenvalue weighted by Crippen LogP contribution is 2.18. The van der Waals surface area contributed by atoms with Crippen molar-refractivity contribution >= 4 is 16.0 Å². The van der Waals surface area contributed by atoms with Crippen LogP contribution >= 0.6 is 0 Å². The summed E-state index contributed by atoms with van der Waals surface area (Å²) in [5.74, 6) is -1.71. The fraction of sp³-hybridized carbons (Fsp3) is 0.778. The smallest absolute Gasteiger partial charge is 0.322 e. The number of piperidine rings is 1. The van der Waals surface area contributed by atoms with E-state index in [1.807, 2.05) is 0 Å². The van der Waals surface area contributed by atoms with Crippen LogP contribution in [0.1, 0.15) is 12.8 Å². The third-order valence-electron chi connectivity index (χ3n) is 2.49. The molecule has 0 aliphatic carbocycles. The Morgan fingerprint density at radius 1 is 1.62 bits per heavy atom. The molecule has 1 aliphatic heterocycles. The van der Waals surface area contributed by atoms with Gasteiger partial charge in [-0.25, -0.2) is 12.7 Å². The van der Waals surface area contributed by atoms with Crippen LogP contribution in [0.2, 0.25) is 0 Å². The number of rotatable bonds is 3. The van der Waals surface area contributed by atoms with Crippen LogP contribution in [0.5, 0.6) is 0 Å². The van der Waals surface area contributed by atoms with Gasteiger partial charge in [0.2, 0.25) is 10.0 Å². The lowest BCUT2D eigenvalue weighted by Crippen LogP contribution is -2.42. The molecule has 0 aromatic heterocycles. The van der Waals surface area contributed by atoms with Crippen LogP contribution in [0.15, 0.2) is 0 Å². The number of carbonyl (C=O) groups excluding carboxylic acids is 1. The van der Waals surface area contributed by atoms with E-state index in [-0.39, 0.29) is 12.5 Å². The predicted octanol–water partition coefficient (Wildman–Crippen LogP) is -0.275. The van der Waals surface area contributed by atoms with Crippen molar-refractivity contribution in [2.75, 3.05) is 26.0 Å². The van der Waals surface area contributed by atoms with E-state index in [0.717, 1.165) is 7.11 Å². The van der Waals surface area contributed by atoms with Crippen molar-refractivity contribution in [2.45, 2.75) is 12.8 Å². The van der Waals surface area contributed by atoms with Crippen molar-refractivity contribution in [3.63, 3.8) is 0 Å². The minimum absolute atomic E-state index is 0.176. The van der Waals surface area contributed by atoms with Gasteiger partial charge in [-0.1, -0.05) is 0 Å². The molecule has 0 saturated carbocycles. The Labute approximate surface area is 94.8 Å². The zero-order valence-corrected chi connectivity index (χ0v) is 9.87. The number of methoxy groups -OCH3 is 1. The first kappa shape index (κ1) is 12.9. The molecule has 1 rings (SSSR count). The molecule has 0 aromatic carbocycles. The molecule has 1 fully saturated rings. The van der Waals surface area contributed by atoms with Crippen LogP contribution in [0.25, 0.3) is 0 Å². The van der Waals surface area contributed by atoms with Gasteiger partial charge in [0, 0.05) is 13.1 Å². The van der Waals surface area contributed by atoms with Gasteiger partial charge in [0.1, 0.15) is 0 Å². The molecule has 1 unspecified atom stereocenters. The topological polar surface area (TPSA) is 87.5 Å². The van der Waals surface area contributed by atoms with E-state index in [2.05, 4.69) is 10.8 Å². The number of sulfonamides is 1. The van der Waals surface area contributed by atoms with E-state index in [1.165, 1.54) is 4.31 Å². The maximum atomic E-state index is 11.7. The summed E-state index contributed by atoms with van der Waals surface area (Å²) in [5, 5.41) is 8.74. The van der Waals surface area contributed by atoms with Crippen molar-refractivity contribution < 1.29 is 17.9 Å². The molecule has 1 heterocycles. The first-order valence-corrected chi connectivity index (χ1v) is 6.55. The Hall–Kier alpha value is -1.13. The largest absolute Gasteiger partial charge is 0.468 e. The third-order valence-corrected chi connectivity index (χ3v) is 4.21. The average molecular weight is 246 g/mol. The summed E-state index contributed by atoms with van der Waals surface area (Å²) in [6.07, 6.45) is 1.36. The quantitative estimate of drug-likeness (QED) is 0.639. The second-order valence-corrected chi connectivity index (χ2v) is 5.63. The van der Waals surface area contributed by atoms with Crippen LogP contribution in [-0.2, 0) is 19.6 Å².